The minimum absolute atomic E-state index is 0. The molecule has 348 valence electrons. The van der Waals surface area contributed by atoms with Crippen molar-refractivity contribution in [2.24, 2.45) is 0 Å². The first-order valence-corrected chi connectivity index (χ1v) is 19.3. The summed E-state index contributed by atoms with van der Waals surface area (Å²) in [5.74, 6) is -6.57. The Morgan fingerprint density at radius 2 is 0.761 bits per heavy atom. The predicted octanol–water partition coefficient (Wildman–Crippen LogP) is 1.96. The van der Waals surface area contributed by atoms with E-state index >= 15 is 0 Å². The van der Waals surface area contributed by atoms with Crippen LogP contribution in [0.25, 0.3) is 0 Å². The van der Waals surface area contributed by atoms with Gasteiger partial charge in [-0.2, -0.15) is 0 Å². The molecule has 0 saturated carbocycles. The molecule has 18 nitrogen and oxygen atoms in total. The van der Waals surface area contributed by atoms with E-state index in [0.29, 0.717) is 33.9 Å². The number of nitrogens with one attached hydrogen (secondary N) is 1. The average molecular weight is 915 g/mol. The molecular formula is C48H51LiN4O14. The number of nitrogen functional groups attached to an aromatic ring is 3. The predicted molar refractivity (Wildman–Crippen MR) is 244 cm³/mol. The standard InChI is InChI=1S/C18H18N2O4.C12H12O5.C12H12O4.C6H8N2.Li.H2O/c1-11(21)18(24,12(2)22)14-9-7-13(8-10-14)17(23)20-16-6-4-3-5-15(16)19;1-7(13)12(17,8(2)14)10-5-3-9(4-6-10)11(15)16;1-7(13)11(8(2)14)9-3-5-10(6-4-9)12(15)16;7-5-3-1-2-4-6(5)8;;/h3-10,24H,19H2,1-2H3,(H,20,23);3-6,17H,1-2H3,(H,15,16);3-6,11H,1-2H3,(H,15,16);1-4H,7-8H2;;1H2/q;;;;+1;/p-1. The van der Waals surface area contributed by atoms with Crippen LogP contribution in [0.3, 0.4) is 0 Å². The van der Waals surface area contributed by atoms with Gasteiger partial charge in [-0.1, -0.05) is 60.7 Å². The first-order chi connectivity index (χ1) is 30.3. The van der Waals surface area contributed by atoms with E-state index in [1.54, 1.807) is 36.4 Å². The van der Waals surface area contributed by atoms with Crippen molar-refractivity contribution < 1.29 is 87.9 Å². The molecular weight excluding hydrogens is 863 g/mol. The Morgan fingerprint density at radius 1 is 0.463 bits per heavy atom. The number of rotatable bonds is 13. The van der Waals surface area contributed by atoms with Crippen molar-refractivity contribution in [2.75, 3.05) is 22.5 Å². The summed E-state index contributed by atoms with van der Waals surface area (Å²) in [6, 6.07) is 30.5. The van der Waals surface area contributed by atoms with Crippen molar-refractivity contribution in [1.82, 2.24) is 0 Å². The van der Waals surface area contributed by atoms with Crippen LogP contribution in [0.1, 0.15) is 95.2 Å². The van der Waals surface area contributed by atoms with Gasteiger partial charge in [-0.05, 0) is 119 Å². The Labute approximate surface area is 397 Å². The van der Waals surface area contributed by atoms with Crippen LogP contribution in [0.2, 0.25) is 0 Å². The fourth-order valence-electron chi connectivity index (χ4n) is 5.92. The number of Topliss-reactive ketones (excluding diaryl/α,β-unsaturated/α-hetero) is 6. The maximum Gasteiger partial charge on any atom is 1.00 e. The number of para-hydroxylation sites is 4. The Morgan fingerprint density at radius 3 is 1.04 bits per heavy atom. The summed E-state index contributed by atoms with van der Waals surface area (Å²) in [6.07, 6.45) is 0. The number of aliphatic hydroxyl groups is 2. The third-order valence-corrected chi connectivity index (χ3v) is 9.66. The molecule has 0 unspecified atom stereocenters. The molecule has 5 aromatic carbocycles. The number of carboxylic acids is 2. The van der Waals surface area contributed by atoms with Gasteiger partial charge < -0.3 is 48.4 Å². The molecule has 1 amide bonds. The molecule has 0 aliphatic heterocycles. The Hall–Kier alpha value is -7.59. The van der Waals surface area contributed by atoms with Gasteiger partial charge in [-0.25, -0.2) is 9.59 Å². The van der Waals surface area contributed by atoms with Crippen LogP contribution >= 0.6 is 0 Å². The van der Waals surface area contributed by atoms with Crippen LogP contribution in [0.4, 0.5) is 22.7 Å². The summed E-state index contributed by atoms with van der Waals surface area (Å²) in [6.45, 7) is 7.17. The molecule has 0 aliphatic carbocycles. The van der Waals surface area contributed by atoms with Gasteiger partial charge in [0.05, 0.1) is 33.9 Å². The van der Waals surface area contributed by atoms with E-state index in [1.807, 2.05) is 12.1 Å². The summed E-state index contributed by atoms with van der Waals surface area (Å²) < 4.78 is 0. The average Bonchev–Trinajstić information content (AvgIpc) is 3.25. The van der Waals surface area contributed by atoms with Crippen molar-refractivity contribution in [2.45, 2.75) is 58.7 Å². The van der Waals surface area contributed by atoms with Gasteiger partial charge in [-0.15, -0.1) is 0 Å². The fourth-order valence-corrected chi connectivity index (χ4v) is 5.92. The molecule has 0 atom stereocenters. The summed E-state index contributed by atoms with van der Waals surface area (Å²) in [7, 11) is 0. The van der Waals surface area contributed by atoms with Crippen LogP contribution in [0.15, 0.2) is 121 Å². The monoisotopic (exact) mass is 914 g/mol. The number of ketones is 6. The number of hydrogen-bond acceptors (Lipinski definition) is 15. The number of hydrogen-bond donors (Lipinski definition) is 8. The second-order valence-corrected chi connectivity index (χ2v) is 14.4. The zero-order valence-corrected chi connectivity index (χ0v) is 37.8. The minimum Gasteiger partial charge on any atom is -0.870 e. The molecule has 0 aromatic heterocycles. The van der Waals surface area contributed by atoms with Gasteiger partial charge in [0.2, 0.25) is 11.2 Å². The molecule has 0 bridgehead atoms. The van der Waals surface area contributed by atoms with Crippen LogP contribution in [-0.4, -0.2) is 78.4 Å². The van der Waals surface area contributed by atoms with Gasteiger partial charge in [0.25, 0.3) is 5.91 Å². The number of carbonyl (C=O) groups excluding carboxylic acids is 7. The first kappa shape index (κ1) is 59.4. The molecule has 0 saturated heterocycles. The van der Waals surface area contributed by atoms with Crippen molar-refractivity contribution in [3.05, 3.63) is 155 Å². The molecule has 12 N–H and O–H groups in total. The van der Waals surface area contributed by atoms with Gasteiger partial charge in [0.15, 0.2) is 23.1 Å². The van der Waals surface area contributed by atoms with E-state index in [0.717, 1.165) is 27.7 Å². The number of carboxylic acid groups (broad SMARTS) is 2. The zero-order chi connectivity index (χ0) is 49.4. The van der Waals surface area contributed by atoms with E-state index in [4.69, 9.17) is 27.4 Å². The van der Waals surface area contributed by atoms with Crippen LogP contribution in [-0.2, 0) is 40.0 Å². The number of aromatic carboxylic acids is 2. The topological polar surface area (TPSA) is 355 Å². The number of benzene rings is 5. The van der Waals surface area contributed by atoms with E-state index in [2.05, 4.69) is 5.32 Å². The number of carbonyl (C=O) groups is 9. The smallest absolute Gasteiger partial charge is 0.870 e. The largest absolute Gasteiger partial charge is 1.00 e. The third kappa shape index (κ3) is 15.8. The molecule has 0 radical (unpaired) electrons. The minimum atomic E-state index is -2.20. The summed E-state index contributed by atoms with van der Waals surface area (Å²) in [5.41, 5.74) is 15.6. The van der Waals surface area contributed by atoms with Crippen molar-refractivity contribution in [3.63, 3.8) is 0 Å². The number of nitrogens with two attached hydrogens (primary N) is 3. The Balaban J connectivity index is 0.000000905. The maximum absolute atomic E-state index is 12.2. The first-order valence-electron chi connectivity index (χ1n) is 19.3. The molecule has 0 fully saturated rings. The van der Waals surface area contributed by atoms with Crippen LogP contribution in [0.5, 0.6) is 0 Å². The SMILES string of the molecule is CC(=O)C(C(C)=O)c1ccc(C(=O)O)cc1.CC(=O)C(O)(C(C)=O)c1ccc(C(=O)Nc2ccccc2N)cc1.CC(=O)C(O)(C(C)=O)c1ccc(C(=O)O)cc1.Nc1ccccc1N.[Li+].[OH-]. The number of anilines is 4. The third-order valence-electron chi connectivity index (χ3n) is 9.66. The molecule has 5 rings (SSSR count). The molecule has 0 heterocycles. The number of amides is 1. The van der Waals surface area contributed by atoms with Gasteiger partial charge in [-0.3, -0.25) is 33.6 Å². The van der Waals surface area contributed by atoms with Gasteiger partial charge in [0.1, 0.15) is 17.5 Å². The zero-order valence-electron chi connectivity index (χ0n) is 37.8. The van der Waals surface area contributed by atoms with E-state index in [1.165, 1.54) is 86.6 Å². The van der Waals surface area contributed by atoms with E-state index in [-0.39, 0.29) is 58.2 Å². The normalized spacial score (nSPS) is 10.2. The van der Waals surface area contributed by atoms with Gasteiger partial charge in [0, 0.05) is 5.56 Å². The van der Waals surface area contributed by atoms with Gasteiger partial charge >= 0.3 is 30.8 Å². The molecule has 0 spiro atoms. The van der Waals surface area contributed by atoms with Crippen LogP contribution < -0.4 is 41.4 Å². The van der Waals surface area contributed by atoms with E-state index < -0.39 is 58.1 Å². The quantitative estimate of drug-likeness (QED) is 0.0475. The second-order valence-electron chi connectivity index (χ2n) is 14.4. The Bertz CT molecular complexity index is 2520. The second kappa shape index (κ2) is 26.4. The molecule has 0 aliphatic rings. The summed E-state index contributed by atoms with van der Waals surface area (Å²) in [5, 5.41) is 40.4. The summed E-state index contributed by atoms with van der Waals surface area (Å²) >= 11 is 0. The van der Waals surface area contributed by atoms with Crippen molar-refractivity contribution in [1.29, 1.82) is 0 Å². The van der Waals surface area contributed by atoms with Crippen molar-refractivity contribution >= 4 is 75.3 Å². The molecule has 19 heteroatoms. The molecule has 5 aromatic rings. The molecule has 67 heavy (non-hydrogen) atoms. The van der Waals surface area contributed by atoms with E-state index in [9.17, 15) is 53.4 Å². The summed E-state index contributed by atoms with van der Waals surface area (Å²) in [4.78, 5) is 102. The van der Waals surface area contributed by atoms with Crippen molar-refractivity contribution in [3.8, 4) is 0 Å². The van der Waals surface area contributed by atoms with Crippen LogP contribution in [0, 0.1) is 0 Å². The Kier molecular flexibility index (Phi) is 23.4. The fraction of sp³-hybridized carbons (Fsp3) is 0.188. The maximum atomic E-state index is 12.2.